The molecule has 1 heterocycles. The number of nitrogens with one attached hydrogen (secondary N) is 1. The molecule has 0 saturated heterocycles. The van der Waals surface area contributed by atoms with Gasteiger partial charge in [-0.2, -0.15) is 0 Å². The van der Waals surface area contributed by atoms with Gasteiger partial charge in [0.15, 0.2) is 0 Å². The fourth-order valence-corrected chi connectivity index (χ4v) is 2.08. The molecule has 64 valence electrons. The van der Waals surface area contributed by atoms with Crippen molar-refractivity contribution >= 4 is 27.3 Å². The lowest BCUT2D eigenvalue weighted by Gasteiger charge is -2.19. The summed E-state index contributed by atoms with van der Waals surface area (Å²) in [6, 6.07) is 3.98. The van der Waals surface area contributed by atoms with Gasteiger partial charge in [-0.15, -0.1) is 0 Å². The molecule has 2 nitrogen and oxygen atoms in total. The maximum absolute atomic E-state index is 5.77. The monoisotopic (exact) mass is 226 g/mol. The normalized spacial score (nSPS) is 15.1. The highest BCUT2D eigenvalue weighted by Gasteiger charge is 2.12. The van der Waals surface area contributed by atoms with Crippen molar-refractivity contribution in [2.45, 2.75) is 12.8 Å². The van der Waals surface area contributed by atoms with Gasteiger partial charge in [0.1, 0.15) is 0 Å². The van der Waals surface area contributed by atoms with Gasteiger partial charge in [-0.3, -0.25) is 0 Å². The molecule has 2 rings (SSSR count). The quantitative estimate of drug-likeness (QED) is 0.668. The predicted octanol–water partition coefficient (Wildman–Crippen LogP) is 2.39. The summed E-state index contributed by atoms with van der Waals surface area (Å²) in [4.78, 5) is 0. The SMILES string of the molecule is Nc1ccc2c(c1Br)CCCN2. The van der Waals surface area contributed by atoms with Crippen LogP contribution in [0.2, 0.25) is 0 Å². The number of fused-ring (bicyclic) bond motifs is 1. The summed E-state index contributed by atoms with van der Waals surface area (Å²) in [5.41, 5.74) is 9.15. The number of anilines is 2. The predicted molar refractivity (Wildman–Crippen MR) is 55.4 cm³/mol. The van der Waals surface area contributed by atoms with E-state index >= 15 is 0 Å². The van der Waals surface area contributed by atoms with E-state index < -0.39 is 0 Å². The Labute approximate surface area is 80.3 Å². The minimum Gasteiger partial charge on any atom is -0.398 e. The molecule has 3 heteroatoms. The average molecular weight is 227 g/mol. The van der Waals surface area contributed by atoms with E-state index in [1.165, 1.54) is 17.7 Å². The third kappa shape index (κ3) is 1.18. The number of nitrogen functional groups attached to an aromatic ring is 1. The van der Waals surface area contributed by atoms with Crippen molar-refractivity contribution < 1.29 is 0 Å². The van der Waals surface area contributed by atoms with Crippen molar-refractivity contribution in [2.75, 3.05) is 17.6 Å². The molecule has 1 aromatic carbocycles. The molecule has 3 N–H and O–H groups in total. The van der Waals surface area contributed by atoms with E-state index in [4.69, 9.17) is 5.73 Å². The van der Waals surface area contributed by atoms with E-state index in [0.29, 0.717) is 0 Å². The Hall–Kier alpha value is -0.700. The Morgan fingerprint density at radius 3 is 3.08 bits per heavy atom. The minimum absolute atomic E-state index is 0.831. The maximum atomic E-state index is 5.77. The van der Waals surface area contributed by atoms with E-state index in [2.05, 4.69) is 27.3 Å². The molecule has 0 atom stereocenters. The second-order valence-electron chi connectivity index (χ2n) is 3.03. The molecule has 0 aromatic heterocycles. The van der Waals surface area contributed by atoms with Crippen molar-refractivity contribution in [3.63, 3.8) is 0 Å². The van der Waals surface area contributed by atoms with Crippen LogP contribution >= 0.6 is 15.9 Å². The number of hydrogen-bond donors (Lipinski definition) is 2. The molecule has 1 aliphatic heterocycles. The fourth-order valence-electron chi connectivity index (χ4n) is 1.54. The Bertz CT molecular complexity index is 310. The number of halogens is 1. The highest BCUT2D eigenvalue weighted by Crippen LogP contribution is 2.33. The lowest BCUT2D eigenvalue weighted by molar-refractivity contribution is 0.827. The van der Waals surface area contributed by atoms with Crippen molar-refractivity contribution in [1.29, 1.82) is 0 Å². The number of hydrogen-bond acceptors (Lipinski definition) is 2. The summed E-state index contributed by atoms with van der Waals surface area (Å²) in [6.45, 7) is 1.07. The van der Waals surface area contributed by atoms with Crippen LogP contribution < -0.4 is 11.1 Å². The molecule has 0 amide bonds. The van der Waals surface area contributed by atoms with Gasteiger partial charge < -0.3 is 11.1 Å². The number of nitrogens with two attached hydrogens (primary N) is 1. The van der Waals surface area contributed by atoms with Crippen LogP contribution in [0.15, 0.2) is 16.6 Å². The van der Waals surface area contributed by atoms with Crippen LogP contribution in [0.3, 0.4) is 0 Å². The standard InChI is InChI=1S/C9H11BrN2/c10-9-6-2-1-5-12-8(6)4-3-7(9)11/h3-4,12H,1-2,5,11H2. The summed E-state index contributed by atoms with van der Waals surface area (Å²) in [5, 5.41) is 3.35. The van der Waals surface area contributed by atoms with Gasteiger partial charge >= 0.3 is 0 Å². The van der Waals surface area contributed by atoms with Crippen molar-refractivity contribution in [1.82, 2.24) is 0 Å². The lowest BCUT2D eigenvalue weighted by Crippen LogP contribution is -2.12. The van der Waals surface area contributed by atoms with E-state index in [1.54, 1.807) is 0 Å². The zero-order chi connectivity index (χ0) is 8.55. The van der Waals surface area contributed by atoms with Crippen LogP contribution in [-0.2, 0) is 6.42 Å². The van der Waals surface area contributed by atoms with Gasteiger partial charge in [0.25, 0.3) is 0 Å². The summed E-state index contributed by atoms with van der Waals surface area (Å²) >= 11 is 3.50. The van der Waals surface area contributed by atoms with Gasteiger partial charge in [0.05, 0.1) is 0 Å². The topological polar surface area (TPSA) is 38.0 Å². The first-order valence-electron chi connectivity index (χ1n) is 4.10. The van der Waals surface area contributed by atoms with Gasteiger partial charge in [0.2, 0.25) is 0 Å². The van der Waals surface area contributed by atoms with Crippen LogP contribution in [0, 0.1) is 0 Å². The molecular formula is C9H11BrN2. The summed E-state index contributed by atoms with van der Waals surface area (Å²) < 4.78 is 1.06. The van der Waals surface area contributed by atoms with Crippen LogP contribution in [0.5, 0.6) is 0 Å². The third-order valence-corrected chi connectivity index (χ3v) is 3.13. The van der Waals surface area contributed by atoms with Crippen LogP contribution in [0.25, 0.3) is 0 Å². The Morgan fingerprint density at radius 2 is 2.25 bits per heavy atom. The third-order valence-electron chi connectivity index (χ3n) is 2.19. The molecule has 1 aliphatic rings. The van der Waals surface area contributed by atoms with E-state index in [1.807, 2.05) is 6.07 Å². The molecule has 12 heavy (non-hydrogen) atoms. The van der Waals surface area contributed by atoms with E-state index in [-0.39, 0.29) is 0 Å². The molecule has 0 bridgehead atoms. The van der Waals surface area contributed by atoms with Gasteiger partial charge in [-0.25, -0.2) is 0 Å². The van der Waals surface area contributed by atoms with Gasteiger partial charge in [-0.05, 0) is 46.5 Å². The number of rotatable bonds is 0. The molecule has 0 fully saturated rings. The summed E-state index contributed by atoms with van der Waals surface area (Å²) in [5.74, 6) is 0. The molecule has 0 radical (unpaired) electrons. The smallest absolute Gasteiger partial charge is 0.0462 e. The molecule has 1 aromatic rings. The highest BCUT2D eigenvalue weighted by molar-refractivity contribution is 9.10. The summed E-state index contributed by atoms with van der Waals surface area (Å²) in [7, 11) is 0. The zero-order valence-electron chi connectivity index (χ0n) is 6.73. The largest absolute Gasteiger partial charge is 0.398 e. The lowest BCUT2D eigenvalue weighted by atomic mass is 10.0. The minimum atomic E-state index is 0.831. The second kappa shape index (κ2) is 2.98. The Morgan fingerprint density at radius 1 is 1.42 bits per heavy atom. The van der Waals surface area contributed by atoms with Crippen LogP contribution in [-0.4, -0.2) is 6.54 Å². The molecule has 0 unspecified atom stereocenters. The van der Waals surface area contributed by atoms with Gasteiger partial charge in [0, 0.05) is 22.4 Å². The van der Waals surface area contributed by atoms with E-state index in [0.717, 1.165) is 23.1 Å². The molecular weight excluding hydrogens is 216 g/mol. The second-order valence-corrected chi connectivity index (χ2v) is 3.82. The molecule has 0 saturated carbocycles. The van der Waals surface area contributed by atoms with Crippen molar-refractivity contribution in [3.05, 3.63) is 22.2 Å². The first-order chi connectivity index (χ1) is 5.79. The highest BCUT2D eigenvalue weighted by atomic mass is 79.9. The van der Waals surface area contributed by atoms with Crippen LogP contribution in [0.4, 0.5) is 11.4 Å². The Kier molecular flexibility index (Phi) is 1.97. The Balaban J connectivity index is 2.54. The van der Waals surface area contributed by atoms with Crippen molar-refractivity contribution in [3.8, 4) is 0 Å². The van der Waals surface area contributed by atoms with Crippen molar-refractivity contribution in [2.24, 2.45) is 0 Å². The first-order valence-corrected chi connectivity index (χ1v) is 4.89. The average Bonchev–Trinajstić information content (AvgIpc) is 2.12. The van der Waals surface area contributed by atoms with Crippen LogP contribution in [0.1, 0.15) is 12.0 Å². The maximum Gasteiger partial charge on any atom is 0.0462 e. The molecule has 0 spiro atoms. The first kappa shape index (κ1) is 7.92. The van der Waals surface area contributed by atoms with E-state index in [9.17, 15) is 0 Å². The summed E-state index contributed by atoms with van der Waals surface area (Å²) in [6.07, 6.45) is 2.31. The zero-order valence-corrected chi connectivity index (χ0v) is 8.32. The number of benzene rings is 1. The fraction of sp³-hybridized carbons (Fsp3) is 0.333. The molecule has 0 aliphatic carbocycles. The van der Waals surface area contributed by atoms with Gasteiger partial charge in [-0.1, -0.05) is 0 Å².